The number of carbonyl (C=O) groups excluding carboxylic acids is 1. The summed E-state index contributed by atoms with van der Waals surface area (Å²) in [6, 6.07) is 7.51. The average Bonchev–Trinajstić information content (AvgIpc) is 2.88. The van der Waals surface area contributed by atoms with E-state index in [2.05, 4.69) is 0 Å². The lowest BCUT2D eigenvalue weighted by molar-refractivity contribution is -0.123. The molecular weight excluding hydrogens is 273 g/mol. The molecule has 1 amide bonds. The standard InChI is InChI=1S/C13H13Cl2NO2/c1-12(8-13(12,14)15)11(17)16-6-7-18-10-5-3-2-4-9(10)16/h2-5H,6-8H2,1H3/t12-/m0/s1. The van der Waals surface area contributed by atoms with E-state index in [1.54, 1.807) is 4.90 Å². The van der Waals surface area contributed by atoms with Crippen LogP contribution in [-0.2, 0) is 4.79 Å². The second-order valence-corrected chi connectivity index (χ2v) is 6.47. The van der Waals surface area contributed by atoms with Gasteiger partial charge in [-0.15, -0.1) is 23.2 Å². The molecule has 1 aliphatic carbocycles. The minimum atomic E-state index is -0.933. The molecule has 18 heavy (non-hydrogen) atoms. The molecule has 3 nitrogen and oxygen atoms in total. The van der Waals surface area contributed by atoms with Crippen molar-refractivity contribution in [1.29, 1.82) is 0 Å². The second kappa shape index (κ2) is 3.78. The second-order valence-electron chi connectivity index (χ2n) is 4.99. The van der Waals surface area contributed by atoms with Crippen LogP contribution >= 0.6 is 23.2 Å². The van der Waals surface area contributed by atoms with Crippen LogP contribution in [0.25, 0.3) is 0 Å². The van der Waals surface area contributed by atoms with Crippen molar-refractivity contribution in [3.8, 4) is 5.75 Å². The third kappa shape index (κ3) is 1.61. The Bertz CT molecular complexity index is 517. The summed E-state index contributed by atoms with van der Waals surface area (Å²) in [6.07, 6.45) is 0.501. The van der Waals surface area contributed by atoms with Crippen molar-refractivity contribution >= 4 is 34.8 Å². The fraction of sp³-hybridized carbons (Fsp3) is 0.462. The van der Waals surface area contributed by atoms with Crippen LogP contribution in [0, 0.1) is 5.41 Å². The minimum absolute atomic E-state index is 0.0248. The van der Waals surface area contributed by atoms with Crippen molar-refractivity contribution in [1.82, 2.24) is 0 Å². The maximum atomic E-state index is 12.6. The van der Waals surface area contributed by atoms with Crippen molar-refractivity contribution in [2.24, 2.45) is 5.41 Å². The molecule has 0 radical (unpaired) electrons. The summed E-state index contributed by atoms with van der Waals surface area (Å²) in [5.41, 5.74) is 0.117. The molecule has 1 fully saturated rings. The lowest BCUT2D eigenvalue weighted by Crippen LogP contribution is -2.43. The van der Waals surface area contributed by atoms with E-state index in [4.69, 9.17) is 27.9 Å². The van der Waals surface area contributed by atoms with Gasteiger partial charge in [-0.05, 0) is 25.5 Å². The average molecular weight is 286 g/mol. The molecule has 1 saturated carbocycles. The predicted octanol–water partition coefficient (Wildman–Crippen LogP) is 3.00. The Morgan fingerprint density at radius 3 is 2.72 bits per heavy atom. The SMILES string of the molecule is C[C@@]1(C(=O)N2CCOc3ccccc32)CC1(Cl)Cl. The number of carbonyl (C=O) groups is 1. The van der Waals surface area contributed by atoms with Crippen molar-refractivity contribution in [2.45, 2.75) is 17.7 Å². The van der Waals surface area contributed by atoms with Gasteiger partial charge in [-0.1, -0.05) is 12.1 Å². The van der Waals surface area contributed by atoms with Crippen LogP contribution in [0.1, 0.15) is 13.3 Å². The van der Waals surface area contributed by atoms with Gasteiger partial charge in [0.15, 0.2) is 0 Å². The van der Waals surface area contributed by atoms with Gasteiger partial charge in [0.05, 0.1) is 17.6 Å². The van der Waals surface area contributed by atoms with Crippen molar-refractivity contribution < 1.29 is 9.53 Å². The largest absolute Gasteiger partial charge is 0.490 e. The molecule has 1 heterocycles. The molecule has 0 N–H and O–H groups in total. The highest BCUT2D eigenvalue weighted by atomic mass is 35.5. The first kappa shape index (κ1) is 12.1. The summed E-state index contributed by atoms with van der Waals surface area (Å²) in [5.74, 6) is 0.708. The molecule has 0 aromatic heterocycles. The third-order valence-corrected chi connectivity index (χ3v) is 4.80. The number of halogens is 2. The van der Waals surface area contributed by atoms with Gasteiger partial charge in [-0.25, -0.2) is 0 Å². The Labute approximate surface area is 116 Å². The summed E-state index contributed by atoms with van der Waals surface area (Å²) >= 11 is 12.2. The van der Waals surface area contributed by atoms with E-state index in [-0.39, 0.29) is 5.91 Å². The number of hydrogen-bond acceptors (Lipinski definition) is 2. The molecule has 5 heteroatoms. The molecule has 96 valence electrons. The first-order valence-electron chi connectivity index (χ1n) is 5.87. The zero-order valence-corrected chi connectivity index (χ0v) is 11.5. The molecule has 1 aromatic carbocycles. The van der Waals surface area contributed by atoms with E-state index in [0.29, 0.717) is 19.6 Å². The highest BCUT2D eigenvalue weighted by Crippen LogP contribution is 2.64. The summed E-state index contributed by atoms with van der Waals surface area (Å²) in [4.78, 5) is 14.3. The van der Waals surface area contributed by atoms with Gasteiger partial charge in [-0.2, -0.15) is 0 Å². The number of anilines is 1. The molecule has 0 saturated heterocycles. The zero-order chi connectivity index (χ0) is 13.0. The number of benzene rings is 1. The molecule has 0 unspecified atom stereocenters. The molecular formula is C13H13Cl2NO2. The smallest absolute Gasteiger partial charge is 0.236 e. The number of hydrogen-bond donors (Lipinski definition) is 0. The van der Waals surface area contributed by atoms with Crippen LogP contribution in [0.2, 0.25) is 0 Å². The lowest BCUT2D eigenvalue weighted by Gasteiger charge is -2.31. The molecule has 1 aromatic rings. The molecule has 1 aliphatic heterocycles. The van der Waals surface area contributed by atoms with Crippen LogP contribution in [0.5, 0.6) is 5.75 Å². The van der Waals surface area contributed by atoms with E-state index < -0.39 is 9.75 Å². The van der Waals surface area contributed by atoms with Gasteiger partial charge < -0.3 is 9.64 Å². The number of nitrogens with zero attached hydrogens (tertiary/aromatic N) is 1. The van der Waals surface area contributed by atoms with Gasteiger partial charge in [0.25, 0.3) is 0 Å². The van der Waals surface area contributed by atoms with E-state index in [0.717, 1.165) is 11.4 Å². The van der Waals surface area contributed by atoms with Crippen LogP contribution in [0.3, 0.4) is 0 Å². The zero-order valence-electron chi connectivity index (χ0n) is 9.95. The quantitative estimate of drug-likeness (QED) is 0.743. The normalized spacial score (nSPS) is 28.3. The van der Waals surface area contributed by atoms with E-state index >= 15 is 0 Å². The maximum Gasteiger partial charge on any atom is 0.236 e. The van der Waals surface area contributed by atoms with Gasteiger partial charge in [0.1, 0.15) is 16.7 Å². The number of alkyl halides is 2. The van der Waals surface area contributed by atoms with Crippen molar-refractivity contribution in [3.05, 3.63) is 24.3 Å². The monoisotopic (exact) mass is 285 g/mol. The number of ether oxygens (including phenoxy) is 1. The Balaban J connectivity index is 1.94. The first-order chi connectivity index (χ1) is 8.46. The number of para-hydroxylation sites is 2. The van der Waals surface area contributed by atoms with Gasteiger partial charge in [-0.3, -0.25) is 4.79 Å². The molecule has 3 rings (SSSR count). The first-order valence-corrected chi connectivity index (χ1v) is 6.63. The highest BCUT2D eigenvalue weighted by molar-refractivity contribution is 6.53. The third-order valence-electron chi connectivity index (χ3n) is 3.70. The predicted molar refractivity (Wildman–Crippen MR) is 71.5 cm³/mol. The maximum absolute atomic E-state index is 12.6. The summed E-state index contributed by atoms with van der Waals surface area (Å²) in [6.45, 7) is 2.85. The van der Waals surface area contributed by atoms with E-state index in [1.165, 1.54) is 0 Å². The van der Waals surface area contributed by atoms with Crippen LogP contribution in [0.15, 0.2) is 24.3 Å². The fourth-order valence-electron chi connectivity index (χ4n) is 2.31. The molecule has 2 aliphatic rings. The summed E-state index contributed by atoms with van der Waals surface area (Å²) in [5, 5.41) is 0. The Morgan fingerprint density at radius 1 is 1.39 bits per heavy atom. The highest BCUT2D eigenvalue weighted by Gasteiger charge is 2.69. The molecule has 0 bridgehead atoms. The Kier molecular flexibility index (Phi) is 2.55. The van der Waals surface area contributed by atoms with E-state index in [1.807, 2.05) is 31.2 Å². The van der Waals surface area contributed by atoms with Crippen LogP contribution in [0.4, 0.5) is 5.69 Å². The van der Waals surface area contributed by atoms with Gasteiger partial charge >= 0.3 is 0 Å². The summed E-state index contributed by atoms with van der Waals surface area (Å²) in [7, 11) is 0. The van der Waals surface area contributed by atoms with Crippen LogP contribution < -0.4 is 9.64 Å². The number of rotatable bonds is 1. The van der Waals surface area contributed by atoms with Crippen molar-refractivity contribution in [2.75, 3.05) is 18.1 Å². The molecule has 0 spiro atoms. The Morgan fingerprint density at radius 2 is 2.06 bits per heavy atom. The lowest BCUT2D eigenvalue weighted by atomic mass is 10.1. The summed E-state index contributed by atoms with van der Waals surface area (Å²) < 4.78 is 4.60. The molecule has 1 atom stereocenters. The Hall–Kier alpha value is -0.930. The van der Waals surface area contributed by atoms with Crippen molar-refractivity contribution in [3.63, 3.8) is 0 Å². The minimum Gasteiger partial charge on any atom is -0.490 e. The van der Waals surface area contributed by atoms with Crippen LogP contribution in [-0.4, -0.2) is 23.4 Å². The fourth-order valence-corrected chi connectivity index (χ4v) is 3.01. The van der Waals surface area contributed by atoms with Gasteiger partial charge in [0.2, 0.25) is 5.91 Å². The van der Waals surface area contributed by atoms with E-state index in [9.17, 15) is 4.79 Å². The topological polar surface area (TPSA) is 29.5 Å². The van der Waals surface area contributed by atoms with Gasteiger partial charge in [0, 0.05) is 0 Å². The number of amides is 1. The number of fused-ring (bicyclic) bond motifs is 1.